The van der Waals surface area contributed by atoms with Crippen LogP contribution in [-0.4, -0.2) is 4.57 Å². The Morgan fingerprint density at radius 1 is 0.375 bits per heavy atom. The summed E-state index contributed by atoms with van der Waals surface area (Å²) in [5.41, 5.74) is 19.9. The van der Waals surface area contributed by atoms with Crippen molar-refractivity contribution >= 4 is 38.9 Å². The molecule has 2 aliphatic carbocycles. The lowest BCUT2D eigenvalue weighted by atomic mass is 9.82. The Kier molecular flexibility index (Phi) is 6.98. The number of nitrogens with zero attached hydrogens (tertiary/aromatic N) is 2. The average molecular weight is 719 g/mol. The van der Waals surface area contributed by atoms with Crippen molar-refractivity contribution in [2.24, 2.45) is 0 Å². The number of anilines is 3. The van der Waals surface area contributed by atoms with Crippen LogP contribution in [-0.2, 0) is 10.8 Å². The summed E-state index contributed by atoms with van der Waals surface area (Å²) in [6, 6.07) is 67.5. The molecule has 268 valence electrons. The van der Waals surface area contributed by atoms with Gasteiger partial charge >= 0.3 is 0 Å². The summed E-state index contributed by atoms with van der Waals surface area (Å²) >= 11 is 0. The van der Waals surface area contributed by atoms with E-state index < -0.39 is 0 Å². The van der Waals surface area contributed by atoms with E-state index in [-0.39, 0.29) is 10.8 Å². The molecule has 8 aromatic carbocycles. The van der Waals surface area contributed by atoms with Gasteiger partial charge in [0, 0.05) is 44.0 Å². The van der Waals surface area contributed by atoms with Crippen LogP contribution in [0, 0.1) is 0 Å². The Balaban J connectivity index is 1.20. The Morgan fingerprint density at radius 2 is 0.804 bits per heavy atom. The van der Waals surface area contributed by atoms with E-state index in [2.05, 4.69) is 219 Å². The van der Waals surface area contributed by atoms with Crippen molar-refractivity contribution in [2.75, 3.05) is 4.90 Å². The number of benzene rings is 8. The van der Waals surface area contributed by atoms with Crippen LogP contribution in [0.4, 0.5) is 17.1 Å². The first-order valence-corrected chi connectivity index (χ1v) is 19.8. The van der Waals surface area contributed by atoms with Gasteiger partial charge in [-0.05, 0) is 81.4 Å². The second kappa shape index (κ2) is 11.9. The van der Waals surface area contributed by atoms with Gasteiger partial charge in [-0.3, -0.25) is 0 Å². The highest BCUT2D eigenvalue weighted by atomic mass is 15.2. The highest BCUT2D eigenvalue weighted by Crippen LogP contribution is 2.58. The zero-order chi connectivity index (χ0) is 37.8. The van der Waals surface area contributed by atoms with Crippen LogP contribution in [0.1, 0.15) is 49.9 Å². The quantitative estimate of drug-likeness (QED) is 0.172. The zero-order valence-electron chi connectivity index (χ0n) is 32.2. The van der Waals surface area contributed by atoms with E-state index in [4.69, 9.17) is 0 Å². The first-order chi connectivity index (χ1) is 27.3. The molecule has 0 bridgehead atoms. The molecule has 2 aliphatic rings. The largest absolute Gasteiger partial charge is 0.309 e. The van der Waals surface area contributed by atoms with Crippen LogP contribution in [0.15, 0.2) is 182 Å². The second-order valence-electron chi connectivity index (χ2n) is 16.5. The minimum Gasteiger partial charge on any atom is -0.309 e. The summed E-state index contributed by atoms with van der Waals surface area (Å²) in [7, 11) is 0. The smallest absolute Gasteiger partial charge is 0.0543 e. The predicted molar refractivity (Wildman–Crippen MR) is 236 cm³/mol. The molecule has 11 rings (SSSR count). The molecular formula is C54H42N2. The Labute approximate surface area is 328 Å². The summed E-state index contributed by atoms with van der Waals surface area (Å²) < 4.78 is 2.42. The van der Waals surface area contributed by atoms with Crippen molar-refractivity contribution in [3.8, 4) is 39.1 Å². The molecule has 0 unspecified atom stereocenters. The fourth-order valence-corrected chi connectivity index (χ4v) is 10.2. The minimum atomic E-state index is -0.128. The molecule has 2 nitrogen and oxygen atoms in total. The third-order valence-corrected chi connectivity index (χ3v) is 12.8. The van der Waals surface area contributed by atoms with Gasteiger partial charge in [-0.1, -0.05) is 167 Å². The van der Waals surface area contributed by atoms with E-state index in [9.17, 15) is 0 Å². The number of para-hydroxylation sites is 3. The molecule has 0 spiro atoms. The summed E-state index contributed by atoms with van der Waals surface area (Å²) in [5.74, 6) is 0. The van der Waals surface area contributed by atoms with Crippen molar-refractivity contribution in [3.05, 3.63) is 204 Å². The molecule has 56 heavy (non-hydrogen) atoms. The van der Waals surface area contributed by atoms with Gasteiger partial charge < -0.3 is 9.47 Å². The van der Waals surface area contributed by atoms with Crippen molar-refractivity contribution in [1.29, 1.82) is 0 Å². The third kappa shape index (κ3) is 4.50. The number of aromatic nitrogens is 1. The van der Waals surface area contributed by atoms with Crippen molar-refractivity contribution in [1.82, 2.24) is 4.57 Å². The van der Waals surface area contributed by atoms with E-state index in [0.29, 0.717) is 0 Å². The molecule has 1 heterocycles. The average Bonchev–Trinajstić information content (AvgIpc) is 3.79. The number of hydrogen-bond donors (Lipinski definition) is 0. The molecule has 0 amide bonds. The molecule has 0 fully saturated rings. The second-order valence-corrected chi connectivity index (χ2v) is 16.5. The summed E-state index contributed by atoms with van der Waals surface area (Å²) in [6.07, 6.45) is 0. The topological polar surface area (TPSA) is 8.17 Å². The highest BCUT2D eigenvalue weighted by Gasteiger charge is 2.41. The maximum Gasteiger partial charge on any atom is 0.0543 e. The highest BCUT2D eigenvalue weighted by molar-refractivity contribution is 6.09. The van der Waals surface area contributed by atoms with E-state index in [1.807, 2.05) is 0 Å². The number of hydrogen-bond acceptors (Lipinski definition) is 1. The van der Waals surface area contributed by atoms with Crippen molar-refractivity contribution < 1.29 is 0 Å². The summed E-state index contributed by atoms with van der Waals surface area (Å²) in [4.78, 5) is 2.58. The van der Waals surface area contributed by atoms with Crippen LogP contribution in [0.25, 0.3) is 60.9 Å². The Hall–Kier alpha value is -6.64. The standard InChI is InChI=1S/C54H42N2/c1-53(2)42-25-10-5-23-40(42)51-44(53)27-16-32-49(51)56(50-33-17-28-45-52(50)41-24-6-11-26-43(41)54(45,3)4)46-29-12-7-20-37(46)35-18-15-19-36(34-35)55-47-30-13-8-21-38(47)39-22-9-14-31-48(39)55/h5-34H,1-4H3. The molecule has 0 atom stereocenters. The van der Waals surface area contributed by atoms with Crippen molar-refractivity contribution in [2.45, 2.75) is 38.5 Å². The molecule has 0 saturated carbocycles. The van der Waals surface area contributed by atoms with Gasteiger partial charge in [0.25, 0.3) is 0 Å². The fourth-order valence-electron chi connectivity index (χ4n) is 10.2. The van der Waals surface area contributed by atoms with Crippen LogP contribution in [0.3, 0.4) is 0 Å². The monoisotopic (exact) mass is 718 g/mol. The maximum absolute atomic E-state index is 2.58. The molecule has 0 saturated heterocycles. The Bertz CT molecular complexity index is 2890. The van der Waals surface area contributed by atoms with Crippen LogP contribution < -0.4 is 4.90 Å². The van der Waals surface area contributed by atoms with Gasteiger partial charge in [0.15, 0.2) is 0 Å². The molecule has 9 aromatic rings. The van der Waals surface area contributed by atoms with Gasteiger partial charge in [0.05, 0.1) is 28.1 Å². The lowest BCUT2D eigenvalue weighted by Gasteiger charge is -2.32. The molecule has 0 radical (unpaired) electrons. The van der Waals surface area contributed by atoms with E-state index >= 15 is 0 Å². The maximum atomic E-state index is 2.58. The molecular weight excluding hydrogens is 677 g/mol. The summed E-state index contributed by atoms with van der Waals surface area (Å²) in [6.45, 7) is 9.50. The number of rotatable bonds is 5. The lowest BCUT2D eigenvalue weighted by molar-refractivity contribution is 0.660. The van der Waals surface area contributed by atoms with Crippen LogP contribution in [0.2, 0.25) is 0 Å². The first kappa shape index (κ1) is 32.8. The Morgan fingerprint density at radius 3 is 1.38 bits per heavy atom. The molecule has 0 N–H and O–H groups in total. The van der Waals surface area contributed by atoms with Crippen LogP contribution >= 0.6 is 0 Å². The van der Waals surface area contributed by atoms with Crippen molar-refractivity contribution in [3.63, 3.8) is 0 Å². The molecule has 1 aromatic heterocycles. The van der Waals surface area contributed by atoms with Gasteiger partial charge in [-0.2, -0.15) is 0 Å². The minimum absolute atomic E-state index is 0.128. The van der Waals surface area contributed by atoms with Gasteiger partial charge in [-0.15, -0.1) is 0 Å². The fraction of sp³-hybridized carbons (Fsp3) is 0.111. The third-order valence-electron chi connectivity index (χ3n) is 12.8. The van der Waals surface area contributed by atoms with Gasteiger partial charge in [-0.25, -0.2) is 0 Å². The first-order valence-electron chi connectivity index (χ1n) is 19.8. The lowest BCUT2D eigenvalue weighted by Crippen LogP contribution is -2.17. The SMILES string of the molecule is CC1(C)c2ccccc2-c2c(N(c3ccccc3-c3cccc(-n4c5ccccc5c5ccccc54)c3)c3cccc4c3-c3ccccc3C4(C)C)cccc21. The zero-order valence-corrected chi connectivity index (χ0v) is 32.2. The molecule has 2 heteroatoms. The van der Waals surface area contributed by atoms with Crippen LogP contribution in [0.5, 0.6) is 0 Å². The van der Waals surface area contributed by atoms with E-state index in [1.54, 1.807) is 0 Å². The van der Waals surface area contributed by atoms with E-state index in [1.165, 1.54) is 88.8 Å². The van der Waals surface area contributed by atoms with Gasteiger partial charge in [0.2, 0.25) is 0 Å². The molecule has 0 aliphatic heterocycles. The van der Waals surface area contributed by atoms with Gasteiger partial charge in [0.1, 0.15) is 0 Å². The predicted octanol–water partition coefficient (Wildman–Crippen LogP) is 14.5. The number of fused-ring (bicyclic) bond motifs is 9. The normalized spacial score (nSPS) is 14.4. The summed E-state index contributed by atoms with van der Waals surface area (Å²) in [5, 5.41) is 2.53. The van der Waals surface area contributed by atoms with E-state index in [0.717, 1.165) is 11.4 Å².